The summed E-state index contributed by atoms with van der Waals surface area (Å²) in [4.78, 5) is 11.8. The zero-order valence-corrected chi connectivity index (χ0v) is 23.8. The standard InChI is InChI=1S/C29H41ClN6O3/c1-37-14-11-36(12-15-38-2)23-8-6-22(7-9-23)34-29-17-25(26(30)20-33-29)27-4-3-5-28(35-27)32-19-24-16-21(18-31)10-13-39-24/h3-5,17,20-24H,6-16,19H2,1-2H3,(H,32,35)(H,33,34). The van der Waals surface area contributed by atoms with Gasteiger partial charge in [0.05, 0.1) is 42.0 Å². The van der Waals surface area contributed by atoms with Gasteiger partial charge in [-0.3, -0.25) is 4.90 Å². The number of pyridine rings is 2. The number of hydrogen-bond acceptors (Lipinski definition) is 9. The number of hydrogen-bond donors (Lipinski definition) is 2. The molecule has 1 aliphatic carbocycles. The van der Waals surface area contributed by atoms with Crippen LogP contribution in [0.25, 0.3) is 11.3 Å². The Bertz CT molecular complexity index is 1070. The molecule has 212 valence electrons. The molecule has 2 N–H and O–H groups in total. The summed E-state index contributed by atoms with van der Waals surface area (Å²) in [6, 6.07) is 11.1. The number of nitrogens with one attached hydrogen (secondary N) is 2. The normalized spacial score (nSPS) is 23.4. The molecule has 0 amide bonds. The van der Waals surface area contributed by atoms with Gasteiger partial charge < -0.3 is 24.8 Å². The Balaban J connectivity index is 1.34. The van der Waals surface area contributed by atoms with Crippen molar-refractivity contribution in [1.82, 2.24) is 14.9 Å². The van der Waals surface area contributed by atoms with Crippen molar-refractivity contribution in [2.24, 2.45) is 5.92 Å². The molecule has 0 bridgehead atoms. The van der Waals surface area contributed by atoms with Gasteiger partial charge in [-0.1, -0.05) is 17.7 Å². The highest BCUT2D eigenvalue weighted by atomic mass is 35.5. The molecule has 0 spiro atoms. The Morgan fingerprint density at radius 3 is 2.59 bits per heavy atom. The van der Waals surface area contributed by atoms with E-state index in [1.165, 1.54) is 0 Å². The van der Waals surface area contributed by atoms with Crippen LogP contribution in [0.3, 0.4) is 0 Å². The first kappa shape index (κ1) is 29.5. The minimum Gasteiger partial charge on any atom is -0.383 e. The number of methoxy groups -OCH3 is 2. The van der Waals surface area contributed by atoms with Gasteiger partial charge in [0, 0.05) is 64.3 Å². The Labute approximate surface area is 237 Å². The molecule has 2 aliphatic rings. The highest BCUT2D eigenvalue weighted by molar-refractivity contribution is 6.33. The largest absolute Gasteiger partial charge is 0.383 e. The van der Waals surface area contributed by atoms with Gasteiger partial charge in [0.15, 0.2) is 0 Å². The van der Waals surface area contributed by atoms with Crippen molar-refractivity contribution < 1.29 is 14.2 Å². The number of rotatable bonds is 13. The van der Waals surface area contributed by atoms with E-state index in [0.717, 1.165) is 87.7 Å². The third-order valence-electron chi connectivity index (χ3n) is 7.67. The van der Waals surface area contributed by atoms with Crippen molar-refractivity contribution in [1.29, 1.82) is 5.26 Å². The van der Waals surface area contributed by atoms with Crippen LogP contribution in [0, 0.1) is 17.2 Å². The van der Waals surface area contributed by atoms with Gasteiger partial charge in [-0.2, -0.15) is 5.26 Å². The molecular weight excluding hydrogens is 516 g/mol. The molecule has 4 rings (SSSR count). The van der Waals surface area contributed by atoms with Crippen LogP contribution < -0.4 is 10.6 Å². The smallest absolute Gasteiger partial charge is 0.126 e. The maximum atomic E-state index is 9.23. The lowest BCUT2D eigenvalue weighted by atomic mass is 9.90. The van der Waals surface area contributed by atoms with Crippen LogP contribution >= 0.6 is 11.6 Å². The summed E-state index contributed by atoms with van der Waals surface area (Å²) in [6.45, 7) is 4.57. The monoisotopic (exact) mass is 556 g/mol. The molecule has 2 aromatic rings. The maximum absolute atomic E-state index is 9.23. The van der Waals surface area contributed by atoms with Gasteiger partial charge in [0.2, 0.25) is 0 Å². The summed E-state index contributed by atoms with van der Waals surface area (Å²) >= 11 is 6.57. The van der Waals surface area contributed by atoms with E-state index < -0.39 is 0 Å². The zero-order valence-electron chi connectivity index (χ0n) is 23.1. The van der Waals surface area contributed by atoms with Crippen LogP contribution in [0.15, 0.2) is 30.5 Å². The number of nitriles is 1. The number of ether oxygens (including phenoxy) is 3. The molecule has 1 aliphatic heterocycles. The number of nitrogens with zero attached hydrogens (tertiary/aromatic N) is 4. The summed E-state index contributed by atoms with van der Waals surface area (Å²) in [5.74, 6) is 1.63. The Kier molecular flexibility index (Phi) is 11.6. The summed E-state index contributed by atoms with van der Waals surface area (Å²) in [6.07, 6.45) is 7.66. The van der Waals surface area contributed by atoms with Crippen molar-refractivity contribution in [2.45, 2.75) is 56.7 Å². The maximum Gasteiger partial charge on any atom is 0.126 e. The van der Waals surface area contributed by atoms with Gasteiger partial charge in [-0.15, -0.1) is 0 Å². The fourth-order valence-electron chi connectivity index (χ4n) is 5.44. The summed E-state index contributed by atoms with van der Waals surface area (Å²) in [5, 5.41) is 16.8. The topological polar surface area (TPSA) is 105 Å². The molecule has 3 heterocycles. The van der Waals surface area contributed by atoms with E-state index in [9.17, 15) is 5.26 Å². The van der Waals surface area contributed by atoms with E-state index in [2.05, 4.69) is 26.6 Å². The van der Waals surface area contributed by atoms with E-state index in [4.69, 9.17) is 30.8 Å². The van der Waals surface area contributed by atoms with Gasteiger partial charge >= 0.3 is 0 Å². The van der Waals surface area contributed by atoms with Crippen molar-refractivity contribution >= 4 is 23.2 Å². The average molecular weight is 557 g/mol. The third kappa shape index (κ3) is 8.75. The second-order valence-corrected chi connectivity index (χ2v) is 10.8. The molecule has 1 saturated carbocycles. The molecule has 1 saturated heterocycles. The van der Waals surface area contributed by atoms with E-state index in [1.807, 2.05) is 24.3 Å². The van der Waals surface area contributed by atoms with Gasteiger partial charge in [-0.25, -0.2) is 9.97 Å². The Hall–Kier alpha value is -2.48. The van der Waals surface area contributed by atoms with Gasteiger partial charge in [-0.05, 0) is 56.7 Å². The average Bonchev–Trinajstić information content (AvgIpc) is 2.98. The Morgan fingerprint density at radius 2 is 1.87 bits per heavy atom. The first-order valence-electron chi connectivity index (χ1n) is 14.0. The van der Waals surface area contributed by atoms with Gasteiger partial charge in [0.1, 0.15) is 11.6 Å². The van der Waals surface area contributed by atoms with Crippen LogP contribution in [0.1, 0.15) is 38.5 Å². The number of aromatic nitrogens is 2. The molecule has 9 nitrogen and oxygen atoms in total. The summed E-state index contributed by atoms with van der Waals surface area (Å²) in [7, 11) is 3.51. The second kappa shape index (κ2) is 15.3. The molecule has 2 unspecified atom stereocenters. The highest BCUT2D eigenvalue weighted by Crippen LogP contribution is 2.31. The van der Waals surface area contributed by atoms with Gasteiger partial charge in [0.25, 0.3) is 0 Å². The van der Waals surface area contributed by atoms with Crippen LogP contribution in [0.2, 0.25) is 5.02 Å². The second-order valence-electron chi connectivity index (χ2n) is 10.4. The zero-order chi connectivity index (χ0) is 27.5. The van der Waals surface area contributed by atoms with E-state index in [0.29, 0.717) is 30.3 Å². The minimum absolute atomic E-state index is 0.0105. The molecule has 10 heteroatoms. The van der Waals surface area contributed by atoms with Crippen molar-refractivity contribution in [3.63, 3.8) is 0 Å². The molecular formula is C29H41ClN6O3. The fraction of sp³-hybridized carbons (Fsp3) is 0.621. The van der Waals surface area contributed by atoms with Crippen molar-refractivity contribution in [2.75, 3.05) is 64.3 Å². The van der Waals surface area contributed by atoms with Crippen LogP contribution in [0.4, 0.5) is 11.6 Å². The number of halogens is 1. The summed E-state index contributed by atoms with van der Waals surface area (Å²) < 4.78 is 16.5. The lowest BCUT2D eigenvalue weighted by Crippen LogP contribution is -2.43. The van der Waals surface area contributed by atoms with Crippen LogP contribution in [-0.2, 0) is 14.2 Å². The van der Waals surface area contributed by atoms with E-state index >= 15 is 0 Å². The third-order valence-corrected chi connectivity index (χ3v) is 7.97. The van der Waals surface area contributed by atoms with Crippen LogP contribution in [-0.4, -0.2) is 86.7 Å². The lowest BCUT2D eigenvalue weighted by molar-refractivity contribution is 0.0104. The predicted molar refractivity (Wildman–Crippen MR) is 154 cm³/mol. The first-order valence-corrected chi connectivity index (χ1v) is 14.3. The molecule has 2 aromatic heterocycles. The van der Waals surface area contributed by atoms with E-state index in [-0.39, 0.29) is 12.0 Å². The highest BCUT2D eigenvalue weighted by Gasteiger charge is 2.26. The number of anilines is 2. The fourth-order valence-corrected chi connectivity index (χ4v) is 5.64. The molecule has 2 fully saturated rings. The molecule has 39 heavy (non-hydrogen) atoms. The Morgan fingerprint density at radius 1 is 1.10 bits per heavy atom. The molecule has 0 radical (unpaired) electrons. The quantitative estimate of drug-likeness (QED) is 0.358. The molecule has 0 aromatic carbocycles. The lowest BCUT2D eigenvalue weighted by Gasteiger charge is -2.37. The summed E-state index contributed by atoms with van der Waals surface area (Å²) in [5.41, 5.74) is 1.63. The van der Waals surface area contributed by atoms with E-state index in [1.54, 1.807) is 20.4 Å². The van der Waals surface area contributed by atoms with Crippen LogP contribution in [0.5, 0.6) is 0 Å². The predicted octanol–water partition coefficient (Wildman–Crippen LogP) is 4.85. The first-order chi connectivity index (χ1) is 19.1. The van der Waals surface area contributed by atoms with Crippen molar-refractivity contribution in [3.05, 3.63) is 35.5 Å². The van der Waals surface area contributed by atoms with Crippen molar-refractivity contribution in [3.8, 4) is 17.3 Å². The SMILES string of the molecule is COCCN(CCOC)C1CCC(Nc2cc(-c3cccc(NCC4CC(C#N)CCO4)n3)c(Cl)cn2)CC1. The molecule has 2 atom stereocenters. The minimum atomic E-state index is 0.0105.